The van der Waals surface area contributed by atoms with Crippen LogP contribution >= 0.6 is 30.2 Å². The number of hydrogen-bond acceptors (Lipinski definition) is 10. The molecule has 2 aromatic rings. The van der Waals surface area contributed by atoms with Crippen molar-refractivity contribution in [3.05, 3.63) is 10.2 Å². The van der Waals surface area contributed by atoms with Gasteiger partial charge in [0.25, 0.3) is 5.85 Å². The summed E-state index contributed by atoms with van der Waals surface area (Å²) in [7, 11) is -5.10. The molecule has 1 aliphatic rings. The maximum atomic E-state index is 11.2. The molecule has 0 amide bonds. The molecule has 2 aromatic heterocycles. The normalized spacial score (nSPS) is 26.6. The lowest BCUT2D eigenvalue weighted by Crippen LogP contribution is -2.36. The monoisotopic (exact) mass is 531 g/mol. The van der Waals surface area contributed by atoms with Crippen molar-refractivity contribution in [2.75, 3.05) is 12.3 Å². The Hall–Kier alpha value is -1.46. The van der Waals surface area contributed by atoms with E-state index in [4.69, 9.17) is 30.1 Å². The molecule has 0 radical (unpaired) electrons. The van der Waals surface area contributed by atoms with Gasteiger partial charge in [0.05, 0.1) is 12.9 Å². The molecule has 3 rings (SSSR count). The number of hydrogen-bond donors (Lipinski definition) is 6. The number of fused-ring (bicyclic) bond motifs is 1. The van der Waals surface area contributed by atoms with Crippen LogP contribution in [0.3, 0.4) is 0 Å². The first-order chi connectivity index (χ1) is 13.0. The Morgan fingerprint density at radius 3 is 2.68 bits per heavy atom. The van der Waals surface area contributed by atoms with Gasteiger partial charge in [0.2, 0.25) is 0 Å². The molecule has 5 atom stereocenters. The van der Waals surface area contributed by atoms with Crippen molar-refractivity contribution in [2.24, 2.45) is 0 Å². The van der Waals surface area contributed by atoms with E-state index in [0.29, 0.717) is 3.83 Å². The van der Waals surface area contributed by atoms with Crippen molar-refractivity contribution in [2.45, 2.75) is 30.4 Å². The standard InChI is InChI=1S/C12H15IN5O9P/c13-12-16-7(14)4-8(17-12)18(2-15-4)9-6(20)5(19)3(27-9)1-26-11(10(21)22)28(23,24)25/h2-3,5-6,9,11,19-20H,1H2,(H,21,22)(H2,14,16,17)(H2,23,24,25)/t3-,5-,6-,9-,11?/m1/s1. The second kappa shape index (κ2) is 7.75. The number of aliphatic hydroxyl groups is 2. The highest BCUT2D eigenvalue weighted by Crippen LogP contribution is 2.42. The number of nitrogens with zero attached hydrogens (tertiary/aromatic N) is 4. The van der Waals surface area contributed by atoms with Crippen LogP contribution in [0.15, 0.2) is 6.33 Å². The van der Waals surface area contributed by atoms with Crippen LogP contribution in [0.2, 0.25) is 0 Å². The smallest absolute Gasteiger partial charge is 0.365 e. The molecular weight excluding hydrogens is 516 g/mol. The number of aliphatic carboxylic acids is 1. The molecule has 16 heteroatoms. The highest BCUT2D eigenvalue weighted by molar-refractivity contribution is 14.1. The molecule has 14 nitrogen and oxygen atoms in total. The van der Waals surface area contributed by atoms with Crippen LogP contribution < -0.4 is 5.73 Å². The largest absolute Gasteiger partial charge is 0.479 e. The molecule has 7 N–H and O–H groups in total. The summed E-state index contributed by atoms with van der Waals surface area (Å²) in [6.07, 6.45) is -4.21. The van der Waals surface area contributed by atoms with Crippen LogP contribution in [0.25, 0.3) is 11.2 Å². The van der Waals surface area contributed by atoms with Crippen molar-refractivity contribution in [1.29, 1.82) is 0 Å². The summed E-state index contributed by atoms with van der Waals surface area (Å²) >= 11 is 1.83. The van der Waals surface area contributed by atoms with E-state index in [1.54, 1.807) is 0 Å². The Labute approximate surface area is 169 Å². The van der Waals surface area contributed by atoms with E-state index in [1.165, 1.54) is 10.9 Å². The summed E-state index contributed by atoms with van der Waals surface area (Å²) < 4.78 is 23.0. The molecule has 154 valence electrons. The average molecular weight is 531 g/mol. The number of carbonyl (C=O) groups is 1. The maximum absolute atomic E-state index is 11.2. The zero-order valence-electron chi connectivity index (χ0n) is 13.7. The fourth-order valence-electron chi connectivity index (χ4n) is 2.69. The Bertz CT molecular complexity index is 951. The van der Waals surface area contributed by atoms with Gasteiger partial charge in [-0.25, -0.2) is 19.7 Å². The molecular formula is C12H15IN5O9P. The number of imidazole rings is 1. The molecule has 0 aliphatic carbocycles. The number of aliphatic hydroxyl groups excluding tert-OH is 2. The molecule has 1 unspecified atom stereocenters. The number of ether oxygens (including phenoxy) is 2. The molecule has 0 bridgehead atoms. The molecule has 0 saturated carbocycles. The van der Waals surface area contributed by atoms with E-state index < -0.39 is 50.6 Å². The number of carboxylic acids is 1. The first-order valence-electron chi connectivity index (χ1n) is 7.57. The van der Waals surface area contributed by atoms with E-state index in [0.717, 1.165) is 0 Å². The van der Waals surface area contributed by atoms with Gasteiger partial charge in [-0.1, -0.05) is 0 Å². The third-order valence-corrected chi connectivity index (χ3v) is 5.43. The van der Waals surface area contributed by atoms with Crippen LogP contribution in [-0.2, 0) is 18.8 Å². The minimum Gasteiger partial charge on any atom is -0.479 e. The number of aromatic nitrogens is 4. The average Bonchev–Trinajstić information content (AvgIpc) is 3.09. The number of anilines is 1. The molecule has 3 heterocycles. The van der Waals surface area contributed by atoms with Crippen molar-refractivity contribution in [1.82, 2.24) is 19.5 Å². The van der Waals surface area contributed by atoms with Gasteiger partial charge in [0.1, 0.15) is 23.8 Å². The van der Waals surface area contributed by atoms with E-state index >= 15 is 0 Å². The summed E-state index contributed by atoms with van der Waals surface area (Å²) in [5.74, 6) is -4.20. The first-order valence-corrected chi connectivity index (χ1v) is 10.3. The SMILES string of the molecule is Nc1nc(I)nc2c1ncn2[C@@H]1O[C@H](COC(C(=O)O)P(=O)(O)O)[C@@H](O)[C@H]1O. The minimum atomic E-state index is -5.10. The van der Waals surface area contributed by atoms with E-state index in [1.807, 2.05) is 22.6 Å². The van der Waals surface area contributed by atoms with Crippen LogP contribution in [-0.4, -0.2) is 81.4 Å². The second-order valence-electron chi connectivity index (χ2n) is 5.86. The zero-order valence-corrected chi connectivity index (χ0v) is 16.8. The number of nitrogens with two attached hydrogens (primary N) is 1. The third kappa shape index (κ3) is 3.97. The summed E-state index contributed by atoms with van der Waals surface area (Å²) in [6.45, 7) is -0.696. The summed E-state index contributed by atoms with van der Waals surface area (Å²) in [5, 5.41) is 29.3. The molecule has 0 aromatic carbocycles. The third-order valence-electron chi connectivity index (χ3n) is 3.97. The lowest BCUT2D eigenvalue weighted by atomic mass is 10.1. The van der Waals surface area contributed by atoms with Gasteiger partial charge < -0.3 is 40.3 Å². The second-order valence-corrected chi connectivity index (χ2v) is 8.47. The fourth-order valence-corrected chi connectivity index (χ4v) is 3.75. The Balaban J connectivity index is 1.81. The predicted molar refractivity (Wildman–Crippen MR) is 97.8 cm³/mol. The minimum absolute atomic E-state index is 0.104. The molecule has 0 spiro atoms. The van der Waals surface area contributed by atoms with Gasteiger partial charge in [-0.15, -0.1) is 0 Å². The van der Waals surface area contributed by atoms with E-state index in [-0.39, 0.29) is 17.0 Å². The summed E-state index contributed by atoms with van der Waals surface area (Å²) in [4.78, 5) is 41.2. The number of halogens is 1. The van der Waals surface area contributed by atoms with Gasteiger partial charge in [0.15, 0.2) is 21.5 Å². The van der Waals surface area contributed by atoms with E-state index in [2.05, 4.69) is 15.0 Å². The first kappa shape index (κ1) is 21.3. The Kier molecular flexibility index (Phi) is 5.88. The summed E-state index contributed by atoms with van der Waals surface area (Å²) in [5.41, 5.74) is 6.25. The number of nitrogen functional groups attached to an aromatic ring is 1. The van der Waals surface area contributed by atoms with Gasteiger partial charge in [-0.3, -0.25) is 9.13 Å². The molecule has 28 heavy (non-hydrogen) atoms. The van der Waals surface area contributed by atoms with Gasteiger partial charge in [0, 0.05) is 22.6 Å². The fraction of sp³-hybridized carbons (Fsp3) is 0.500. The van der Waals surface area contributed by atoms with Crippen molar-refractivity contribution in [3.8, 4) is 0 Å². The molecule has 1 saturated heterocycles. The number of rotatable bonds is 6. The predicted octanol–water partition coefficient (Wildman–Crippen LogP) is -1.76. The van der Waals surface area contributed by atoms with Gasteiger partial charge in [-0.05, 0) is 0 Å². The number of carboxylic acid groups (broad SMARTS) is 1. The Morgan fingerprint density at radius 1 is 1.39 bits per heavy atom. The van der Waals surface area contributed by atoms with Crippen molar-refractivity contribution < 1.29 is 43.9 Å². The highest BCUT2D eigenvalue weighted by Gasteiger charge is 2.46. The lowest BCUT2D eigenvalue weighted by Gasteiger charge is -2.19. The zero-order chi connectivity index (χ0) is 20.8. The highest BCUT2D eigenvalue weighted by atomic mass is 127. The van der Waals surface area contributed by atoms with Gasteiger partial charge in [-0.2, -0.15) is 0 Å². The molecule has 1 aliphatic heterocycles. The van der Waals surface area contributed by atoms with Crippen LogP contribution in [0.5, 0.6) is 0 Å². The van der Waals surface area contributed by atoms with Crippen molar-refractivity contribution in [3.63, 3.8) is 0 Å². The molecule has 1 fully saturated rings. The van der Waals surface area contributed by atoms with Gasteiger partial charge >= 0.3 is 13.6 Å². The summed E-state index contributed by atoms with van der Waals surface area (Å²) in [6, 6.07) is 0. The lowest BCUT2D eigenvalue weighted by molar-refractivity contribution is -0.149. The van der Waals surface area contributed by atoms with Crippen molar-refractivity contribution >= 4 is 53.1 Å². The van der Waals surface area contributed by atoms with Crippen LogP contribution in [0.4, 0.5) is 5.82 Å². The maximum Gasteiger partial charge on any atom is 0.365 e. The Morgan fingerprint density at radius 2 is 2.07 bits per heavy atom. The van der Waals surface area contributed by atoms with Crippen LogP contribution in [0, 0.1) is 3.83 Å². The quantitative estimate of drug-likeness (QED) is 0.138. The van der Waals surface area contributed by atoms with E-state index in [9.17, 15) is 19.6 Å². The topological polar surface area (TPSA) is 223 Å². The van der Waals surface area contributed by atoms with Crippen LogP contribution in [0.1, 0.15) is 6.23 Å².